The van der Waals surface area contributed by atoms with Gasteiger partial charge < -0.3 is 5.73 Å². The van der Waals surface area contributed by atoms with Crippen LogP contribution in [0, 0.1) is 18.6 Å². The Kier molecular flexibility index (Phi) is 4.09. The predicted molar refractivity (Wildman–Crippen MR) is 73.6 cm³/mol. The maximum Gasteiger partial charge on any atom is 0.131 e. The van der Waals surface area contributed by atoms with Gasteiger partial charge in [-0.3, -0.25) is 0 Å². The molecule has 0 aliphatic heterocycles. The number of benzene rings is 2. The predicted octanol–water partition coefficient (Wildman–Crippen LogP) is 4.63. The molecule has 2 aromatic rings. The number of nitrogens with two attached hydrogens (primary N) is 1. The highest BCUT2D eigenvalue weighted by molar-refractivity contribution is 6.33. The number of hydrogen-bond donors (Lipinski definition) is 1. The van der Waals surface area contributed by atoms with Crippen LogP contribution in [0.1, 0.15) is 22.7 Å². The van der Waals surface area contributed by atoms with Gasteiger partial charge in [-0.2, -0.15) is 0 Å². The van der Waals surface area contributed by atoms with Gasteiger partial charge in [-0.05, 0) is 42.3 Å². The Balaban J connectivity index is 2.52. The zero-order valence-electron chi connectivity index (χ0n) is 10.1. The van der Waals surface area contributed by atoms with Gasteiger partial charge in [0.15, 0.2) is 0 Å². The molecule has 1 atom stereocenters. The molecule has 0 fully saturated rings. The molecule has 0 radical (unpaired) electrons. The van der Waals surface area contributed by atoms with Crippen LogP contribution in [0.25, 0.3) is 0 Å². The summed E-state index contributed by atoms with van der Waals surface area (Å²) in [6.45, 7) is 1.55. The van der Waals surface area contributed by atoms with Crippen molar-refractivity contribution < 1.29 is 8.78 Å². The standard InChI is InChI=1S/C14H11Cl2F2N/c1-7-4-10(13(18)6-12(7)17)14(19)9-5-8(15)2-3-11(9)16/h2-6,14H,19H2,1H3. The summed E-state index contributed by atoms with van der Waals surface area (Å²) in [7, 11) is 0. The average Bonchev–Trinajstić information content (AvgIpc) is 2.36. The van der Waals surface area contributed by atoms with Crippen molar-refractivity contribution in [2.45, 2.75) is 13.0 Å². The van der Waals surface area contributed by atoms with E-state index in [0.717, 1.165) is 6.07 Å². The van der Waals surface area contributed by atoms with Crippen molar-refractivity contribution in [1.82, 2.24) is 0 Å². The minimum absolute atomic E-state index is 0.183. The van der Waals surface area contributed by atoms with Crippen molar-refractivity contribution in [3.63, 3.8) is 0 Å². The first-order chi connectivity index (χ1) is 8.90. The summed E-state index contributed by atoms with van der Waals surface area (Å²) in [5.74, 6) is -1.31. The van der Waals surface area contributed by atoms with Crippen LogP contribution in [0.15, 0.2) is 30.3 Å². The average molecular weight is 302 g/mol. The topological polar surface area (TPSA) is 26.0 Å². The van der Waals surface area contributed by atoms with Crippen molar-refractivity contribution in [1.29, 1.82) is 0 Å². The third-order valence-corrected chi connectivity index (χ3v) is 3.49. The zero-order valence-corrected chi connectivity index (χ0v) is 11.6. The fraction of sp³-hybridized carbons (Fsp3) is 0.143. The van der Waals surface area contributed by atoms with Gasteiger partial charge in [0, 0.05) is 21.7 Å². The summed E-state index contributed by atoms with van der Waals surface area (Å²) in [6.07, 6.45) is 0. The van der Waals surface area contributed by atoms with Crippen LogP contribution in [0.5, 0.6) is 0 Å². The third kappa shape index (κ3) is 2.89. The van der Waals surface area contributed by atoms with Crippen molar-refractivity contribution >= 4 is 23.2 Å². The molecule has 19 heavy (non-hydrogen) atoms. The Bertz CT molecular complexity index is 629. The van der Waals surface area contributed by atoms with Gasteiger partial charge in [-0.1, -0.05) is 23.2 Å². The summed E-state index contributed by atoms with van der Waals surface area (Å²) in [4.78, 5) is 0. The first-order valence-corrected chi connectivity index (χ1v) is 6.32. The Labute approximate surface area is 119 Å². The van der Waals surface area contributed by atoms with E-state index in [0.29, 0.717) is 21.2 Å². The van der Waals surface area contributed by atoms with Crippen molar-refractivity contribution in [3.05, 3.63) is 68.7 Å². The Hall–Kier alpha value is -1.16. The highest BCUT2D eigenvalue weighted by Crippen LogP contribution is 2.31. The molecule has 0 aromatic heterocycles. The fourth-order valence-corrected chi connectivity index (χ4v) is 2.25. The third-order valence-electron chi connectivity index (χ3n) is 2.91. The molecule has 100 valence electrons. The van der Waals surface area contributed by atoms with Crippen LogP contribution in [-0.4, -0.2) is 0 Å². The SMILES string of the molecule is Cc1cc(C(N)c2cc(Cl)ccc2Cl)c(F)cc1F. The van der Waals surface area contributed by atoms with Crippen molar-refractivity contribution in [2.24, 2.45) is 5.73 Å². The van der Waals surface area contributed by atoms with E-state index in [4.69, 9.17) is 28.9 Å². The van der Waals surface area contributed by atoms with Crippen molar-refractivity contribution in [2.75, 3.05) is 0 Å². The van der Waals surface area contributed by atoms with Gasteiger partial charge >= 0.3 is 0 Å². The normalized spacial score (nSPS) is 12.5. The minimum Gasteiger partial charge on any atom is -0.320 e. The second-order valence-corrected chi connectivity index (χ2v) is 5.11. The molecule has 0 bridgehead atoms. The smallest absolute Gasteiger partial charge is 0.131 e. The van der Waals surface area contributed by atoms with Gasteiger partial charge in [0.1, 0.15) is 11.6 Å². The summed E-state index contributed by atoms with van der Waals surface area (Å²) >= 11 is 11.9. The maximum absolute atomic E-state index is 13.8. The van der Waals surface area contributed by atoms with Gasteiger partial charge in [-0.25, -0.2) is 8.78 Å². The molecule has 2 aromatic carbocycles. The van der Waals surface area contributed by atoms with Crippen LogP contribution in [0.2, 0.25) is 10.0 Å². The molecule has 0 aliphatic rings. The molecular formula is C14H11Cl2F2N. The van der Waals surface area contributed by atoms with E-state index in [1.54, 1.807) is 25.1 Å². The lowest BCUT2D eigenvalue weighted by atomic mass is 9.97. The van der Waals surface area contributed by atoms with Crippen LogP contribution < -0.4 is 5.73 Å². The van der Waals surface area contributed by atoms with Crippen LogP contribution in [0.4, 0.5) is 8.78 Å². The van der Waals surface area contributed by atoms with E-state index in [1.165, 1.54) is 6.07 Å². The molecule has 5 heteroatoms. The highest BCUT2D eigenvalue weighted by atomic mass is 35.5. The Morgan fingerprint density at radius 2 is 1.68 bits per heavy atom. The molecule has 2 N–H and O–H groups in total. The first-order valence-electron chi connectivity index (χ1n) is 5.56. The Morgan fingerprint density at radius 1 is 1.00 bits per heavy atom. The number of aryl methyl sites for hydroxylation is 1. The highest BCUT2D eigenvalue weighted by Gasteiger charge is 2.18. The van der Waals surface area contributed by atoms with Crippen LogP contribution in [-0.2, 0) is 0 Å². The molecule has 1 unspecified atom stereocenters. The van der Waals surface area contributed by atoms with E-state index in [-0.39, 0.29) is 5.56 Å². The minimum atomic E-state index is -0.800. The van der Waals surface area contributed by atoms with Gasteiger partial charge in [0.05, 0.1) is 6.04 Å². The lowest BCUT2D eigenvalue weighted by Crippen LogP contribution is -2.15. The molecule has 0 saturated heterocycles. The molecule has 0 heterocycles. The summed E-state index contributed by atoms with van der Waals surface area (Å²) in [5.41, 5.74) is 7.01. The second kappa shape index (κ2) is 5.45. The number of rotatable bonds is 2. The largest absolute Gasteiger partial charge is 0.320 e. The zero-order chi connectivity index (χ0) is 14.2. The molecule has 0 spiro atoms. The molecule has 0 aliphatic carbocycles. The lowest BCUT2D eigenvalue weighted by Gasteiger charge is -2.16. The van der Waals surface area contributed by atoms with E-state index < -0.39 is 17.7 Å². The molecule has 2 rings (SSSR count). The van der Waals surface area contributed by atoms with E-state index >= 15 is 0 Å². The fourth-order valence-electron chi connectivity index (χ4n) is 1.84. The van der Waals surface area contributed by atoms with E-state index in [1.807, 2.05) is 0 Å². The second-order valence-electron chi connectivity index (χ2n) is 4.27. The summed E-state index contributed by atoms with van der Waals surface area (Å²) in [6, 6.07) is 6.19. The number of hydrogen-bond acceptors (Lipinski definition) is 1. The summed E-state index contributed by atoms with van der Waals surface area (Å²) in [5, 5.41) is 0.840. The van der Waals surface area contributed by atoms with E-state index in [9.17, 15) is 8.78 Å². The van der Waals surface area contributed by atoms with Crippen molar-refractivity contribution in [3.8, 4) is 0 Å². The molecule has 0 saturated carbocycles. The summed E-state index contributed by atoms with van der Waals surface area (Å²) < 4.78 is 27.0. The quantitative estimate of drug-likeness (QED) is 0.860. The first kappa shape index (κ1) is 14.3. The van der Waals surface area contributed by atoms with Gasteiger partial charge in [0.25, 0.3) is 0 Å². The molecule has 0 amide bonds. The molecule has 1 nitrogen and oxygen atoms in total. The maximum atomic E-state index is 13.8. The van der Waals surface area contributed by atoms with Gasteiger partial charge in [0.2, 0.25) is 0 Å². The van der Waals surface area contributed by atoms with E-state index in [2.05, 4.69) is 0 Å². The molecular weight excluding hydrogens is 291 g/mol. The Morgan fingerprint density at radius 3 is 2.37 bits per heavy atom. The lowest BCUT2D eigenvalue weighted by molar-refractivity contribution is 0.561. The number of halogens is 4. The van der Waals surface area contributed by atoms with Gasteiger partial charge in [-0.15, -0.1) is 0 Å². The van der Waals surface area contributed by atoms with Crippen LogP contribution >= 0.6 is 23.2 Å². The monoisotopic (exact) mass is 301 g/mol. The van der Waals surface area contributed by atoms with Crippen LogP contribution in [0.3, 0.4) is 0 Å².